The Hall–Kier alpha value is -3.13. The lowest BCUT2D eigenvalue weighted by molar-refractivity contribution is -0.0306. The van der Waals surface area contributed by atoms with Crippen LogP contribution in [0.25, 0.3) is 10.8 Å². The highest BCUT2D eigenvalue weighted by molar-refractivity contribution is 6.00. The molecule has 0 aromatic heterocycles. The Balaban J connectivity index is 1.83. The van der Waals surface area contributed by atoms with Crippen LogP contribution in [0.1, 0.15) is 18.1 Å². The number of carbonyl (C=O) groups excluding carboxylic acids is 1. The van der Waals surface area contributed by atoms with Crippen LogP contribution in [0.15, 0.2) is 66.7 Å². The molecular weight excluding hydrogens is 398 g/mol. The Morgan fingerprint density at radius 3 is 2.55 bits per heavy atom. The first-order chi connectivity index (χ1) is 15.2. The van der Waals surface area contributed by atoms with Gasteiger partial charge in [0.05, 0.1) is 12.3 Å². The summed E-state index contributed by atoms with van der Waals surface area (Å²) < 4.78 is 16.7. The fourth-order valence-corrected chi connectivity index (χ4v) is 3.41. The van der Waals surface area contributed by atoms with Crippen molar-refractivity contribution < 1.29 is 29.2 Å². The summed E-state index contributed by atoms with van der Waals surface area (Å²) in [5.74, 6) is 0.536. The van der Waals surface area contributed by atoms with Gasteiger partial charge in [-0.15, -0.1) is 0 Å². The van der Waals surface area contributed by atoms with Crippen LogP contribution in [0.3, 0.4) is 0 Å². The maximum absolute atomic E-state index is 12.8. The van der Waals surface area contributed by atoms with Crippen molar-refractivity contribution >= 4 is 22.6 Å². The zero-order valence-electron chi connectivity index (χ0n) is 17.4. The average Bonchev–Trinajstić information content (AvgIpc) is 2.80. The number of carbonyl (C=O) groups is 1. The van der Waals surface area contributed by atoms with Crippen LogP contribution >= 0.6 is 0 Å². The number of rotatable bonds is 10. The molecule has 1 amide bonds. The van der Waals surface area contributed by atoms with E-state index in [1.165, 1.54) is 7.11 Å². The second-order valence-corrected chi connectivity index (χ2v) is 6.91. The maximum atomic E-state index is 12.8. The van der Waals surface area contributed by atoms with Crippen molar-refractivity contribution in [3.05, 3.63) is 72.3 Å². The van der Waals surface area contributed by atoms with E-state index in [4.69, 9.17) is 19.3 Å². The Bertz CT molecular complexity index is 987. The molecule has 0 bridgehead atoms. The smallest absolute Gasteiger partial charge is 0.412 e. The number of aliphatic hydroxyl groups is 2. The van der Waals surface area contributed by atoms with E-state index < -0.39 is 18.3 Å². The molecule has 3 aromatic carbocycles. The molecule has 0 aliphatic carbocycles. The minimum absolute atomic E-state index is 0.108. The summed E-state index contributed by atoms with van der Waals surface area (Å²) in [5, 5.41) is 23.1. The molecule has 7 nitrogen and oxygen atoms in total. The fraction of sp³-hybridized carbons (Fsp3) is 0.292. The molecule has 0 saturated carbocycles. The second-order valence-electron chi connectivity index (χ2n) is 6.91. The first-order valence-corrected chi connectivity index (χ1v) is 10.1. The Morgan fingerprint density at radius 1 is 1.00 bits per heavy atom. The van der Waals surface area contributed by atoms with Gasteiger partial charge in [-0.25, -0.2) is 4.79 Å². The normalized spacial score (nSPS) is 12.9. The van der Waals surface area contributed by atoms with Gasteiger partial charge in [-0.05, 0) is 29.1 Å². The molecule has 0 aliphatic heterocycles. The molecule has 0 fully saturated rings. The summed E-state index contributed by atoms with van der Waals surface area (Å²) in [7, 11) is 1.51. The van der Waals surface area contributed by atoms with Gasteiger partial charge in [-0.3, -0.25) is 5.32 Å². The minimum atomic E-state index is -0.773. The summed E-state index contributed by atoms with van der Waals surface area (Å²) in [6.45, 7) is -0.0757. The highest BCUT2D eigenvalue weighted by Gasteiger charge is 2.27. The molecule has 0 heterocycles. The van der Waals surface area contributed by atoms with Crippen LogP contribution in [0.5, 0.6) is 5.75 Å². The monoisotopic (exact) mass is 425 g/mol. The van der Waals surface area contributed by atoms with E-state index in [9.17, 15) is 9.90 Å². The SMILES string of the molecule is CO[C@@H](CCO)[C@@H](OC(=O)Nc1cccc2ccccc12)c1cccc(OCCO)c1. The minimum Gasteiger partial charge on any atom is -0.491 e. The average molecular weight is 425 g/mol. The molecule has 7 heteroatoms. The Kier molecular flexibility index (Phi) is 8.23. The molecule has 0 radical (unpaired) electrons. The van der Waals surface area contributed by atoms with Crippen molar-refractivity contribution in [1.29, 1.82) is 0 Å². The van der Waals surface area contributed by atoms with Crippen molar-refractivity contribution in [2.45, 2.75) is 18.6 Å². The maximum Gasteiger partial charge on any atom is 0.412 e. The quantitative estimate of drug-likeness (QED) is 0.456. The lowest BCUT2D eigenvalue weighted by Crippen LogP contribution is -2.29. The number of hydrogen-bond donors (Lipinski definition) is 3. The van der Waals surface area contributed by atoms with Crippen molar-refractivity contribution in [3.8, 4) is 5.75 Å². The molecule has 31 heavy (non-hydrogen) atoms. The summed E-state index contributed by atoms with van der Waals surface area (Å²) in [5.41, 5.74) is 1.29. The standard InChI is InChI=1S/C24H27NO6/c1-29-22(12-13-26)23(18-8-4-9-19(16-18)30-15-14-27)31-24(28)25-21-11-5-7-17-6-2-3-10-20(17)21/h2-11,16,22-23,26-27H,12-15H2,1H3,(H,25,28)/t22-,23-/m0/s1. The Labute approximate surface area is 181 Å². The molecular formula is C24H27NO6. The van der Waals surface area contributed by atoms with Gasteiger partial charge in [0.2, 0.25) is 0 Å². The highest BCUT2D eigenvalue weighted by atomic mass is 16.6. The molecule has 2 atom stereocenters. The fourth-order valence-electron chi connectivity index (χ4n) is 3.41. The van der Waals surface area contributed by atoms with Gasteiger partial charge in [-0.1, -0.05) is 48.5 Å². The lowest BCUT2D eigenvalue weighted by atomic mass is 10.0. The molecule has 0 saturated heterocycles. The van der Waals surface area contributed by atoms with E-state index in [0.29, 0.717) is 17.0 Å². The van der Waals surface area contributed by atoms with Crippen LogP contribution in [-0.4, -0.2) is 49.3 Å². The van der Waals surface area contributed by atoms with Crippen molar-refractivity contribution in [2.24, 2.45) is 0 Å². The van der Waals surface area contributed by atoms with E-state index in [1.807, 2.05) is 42.5 Å². The number of ether oxygens (including phenoxy) is 3. The number of methoxy groups -OCH3 is 1. The third-order valence-electron chi connectivity index (χ3n) is 4.86. The van der Waals surface area contributed by atoms with Gasteiger partial charge in [-0.2, -0.15) is 0 Å². The number of hydrogen-bond acceptors (Lipinski definition) is 6. The summed E-state index contributed by atoms with van der Waals surface area (Å²) >= 11 is 0. The van der Waals surface area contributed by atoms with Crippen LogP contribution in [0, 0.1) is 0 Å². The van der Waals surface area contributed by atoms with E-state index in [0.717, 1.165) is 10.8 Å². The molecule has 3 aromatic rings. The molecule has 0 spiro atoms. The summed E-state index contributed by atoms with van der Waals surface area (Å²) in [6.07, 6.45) is -1.69. The van der Waals surface area contributed by atoms with Crippen LogP contribution in [-0.2, 0) is 9.47 Å². The number of anilines is 1. The number of nitrogens with one attached hydrogen (secondary N) is 1. The zero-order valence-corrected chi connectivity index (χ0v) is 17.4. The first kappa shape index (κ1) is 22.6. The zero-order chi connectivity index (χ0) is 22.1. The Morgan fingerprint density at radius 2 is 1.77 bits per heavy atom. The van der Waals surface area contributed by atoms with Crippen LogP contribution in [0.2, 0.25) is 0 Å². The van der Waals surface area contributed by atoms with Crippen LogP contribution in [0.4, 0.5) is 10.5 Å². The molecule has 3 N–H and O–H groups in total. The summed E-state index contributed by atoms with van der Waals surface area (Å²) in [4.78, 5) is 12.8. The number of amides is 1. The molecule has 0 aliphatic rings. The third-order valence-corrected chi connectivity index (χ3v) is 4.86. The molecule has 3 rings (SSSR count). The number of fused-ring (bicyclic) bond motifs is 1. The van der Waals surface area contributed by atoms with Gasteiger partial charge < -0.3 is 24.4 Å². The number of benzene rings is 3. The van der Waals surface area contributed by atoms with E-state index >= 15 is 0 Å². The van der Waals surface area contributed by atoms with Gasteiger partial charge in [0.1, 0.15) is 18.5 Å². The van der Waals surface area contributed by atoms with E-state index in [-0.39, 0.29) is 26.2 Å². The van der Waals surface area contributed by atoms with Crippen molar-refractivity contribution in [2.75, 3.05) is 32.2 Å². The van der Waals surface area contributed by atoms with Gasteiger partial charge in [0.25, 0.3) is 0 Å². The predicted molar refractivity (Wildman–Crippen MR) is 118 cm³/mol. The van der Waals surface area contributed by atoms with Crippen LogP contribution < -0.4 is 10.1 Å². The van der Waals surface area contributed by atoms with E-state index in [2.05, 4.69) is 5.32 Å². The van der Waals surface area contributed by atoms with E-state index in [1.54, 1.807) is 24.3 Å². The van der Waals surface area contributed by atoms with Gasteiger partial charge in [0, 0.05) is 25.5 Å². The number of aliphatic hydroxyl groups excluding tert-OH is 2. The summed E-state index contributed by atoms with van der Waals surface area (Å²) in [6, 6.07) is 20.4. The third kappa shape index (κ3) is 5.95. The van der Waals surface area contributed by atoms with Crippen molar-refractivity contribution in [3.63, 3.8) is 0 Å². The molecule has 164 valence electrons. The predicted octanol–water partition coefficient (Wildman–Crippen LogP) is 3.90. The topological polar surface area (TPSA) is 97.2 Å². The largest absolute Gasteiger partial charge is 0.491 e. The first-order valence-electron chi connectivity index (χ1n) is 10.1. The van der Waals surface area contributed by atoms with Crippen molar-refractivity contribution in [1.82, 2.24) is 0 Å². The lowest BCUT2D eigenvalue weighted by Gasteiger charge is -2.26. The molecule has 0 unspecified atom stereocenters. The highest BCUT2D eigenvalue weighted by Crippen LogP contribution is 2.30. The van der Waals surface area contributed by atoms with Gasteiger partial charge >= 0.3 is 6.09 Å². The second kappa shape index (κ2) is 11.3. The van der Waals surface area contributed by atoms with Gasteiger partial charge in [0.15, 0.2) is 6.10 Å².